The lowest BCUT2D eigenvalue weighted by Crippen LogP contribution is -2.18. The van der Waals surface area contributed by atoms with Crippen molar-refractivity contribution in [1.82, 2.24) is 39.7 Å². The molecule has 4 aromatic rings. The highest BCUT2D eigenvalue weighted by Gasteiger charge is 2.16. The molecular weight excluding hydrogens is 394 g/mol. The van der Waals surface area contributed by atoms with Crippen molar-refractivity contribution in [3.8, 4) is 5.82 Å². The summed E-state index contributed by atoms with van der Waals surface area (Å²) in [7, 11) is 7.45. The number of anilines is 2. The smallest absolute Gasteiger partial charge is 0.272 e. The lowest BCUT2D eigenvalue weighted by molar-refractivity contribution is 0.0959. The lowest BCUT2D eigenvalue weighted by atomic mass is 10.2. The Balaban J connectivity index is 1.64. The van der Waals surface area contributed by atoms with Crippen molar-refractivity contribution in [3.63, 3.8) is 0 Å². The van der Waals surface area contributed by atoms with E-state index in [1.54, 1.807) is 22.6 Å². The van der Waals surface area contributed by atoms with Gasteiger partial charge in [0.25, 0.3) is 5.91 Å². The molecule has 4 rings (SSSR count). The fourth-order valence-corrected chi connectivity index (χ4v) is 3.40. The first-order chi connectivity index (χ1) is 14.9. The van der Waals surface area contributed by atoms with E-state index in [1.165, 1.54) is 0 Å². The van der Waals surface area contributed by atoms with Crippen LogP contribution in [0.3, 0.4) is 0 Å². The number of aromatic nitrogens is 6. The van der Waals surface area contributed by atoms with Crippen molar-refractivity contribution < 1.29 is 4.79 Å². The highest BCUT2D eigenvalue weighted by atomic mass is 16.1. The summed E-state index contributed by atoms with van der Waals surface area (Å²) in [5.41, 5.74) is 4.10. The van der Waals surface area contributed by atoms with E-state index in [2.05, 4.69) is 35.7 Å². The SMILES string of the molecule is CNC(=O)c1nn(C)c2ccc(Nc3nccc(-n4cc(CN(C)C)c(C)n4)n3)cc12. The van der Waals surface area contributed by atoms with E-state index in [0.717, 1.165) is 34.4 Å². The Labute approximate surface area is 179 Å². The van der Waals surface area contributed by atoms with Gasteiger partial charge < -0.3 is 15.5 Å². The highest BCUT2D eigenvalue weighted by molar-refractivity contribution is 6.05. The minimum Gasteiger partial charge on any atom is -0.354 e. The normalized spacial score (nSPS) is 11.3. The molecule has 1 amide bonds. The summed E-state index contributed by atoms with van der Waals surface area (Å²) < 4.78 is 3.45. The quantitative estimate of drug-likeness (QED) is 0.492. The second-order valence-corrected chi connectivity index (χ2v) is 7.57. The molecule has 0 spiro atoms. The Bertz CT molecular complexity index is 1260. The maximum atomic E-state index is 12.2. The van der Waals surface area contributed by atoms with Crippen LogP contribution < -0.4 is 10.6 Å². The van der Waals surface area contributed by atoms with Gasteiger partial charge in [-0.25, -0.2) is 9.67 Å². The molecule has 160 valence electrons. The zero-order chi connectivity index (χ0) is 22.1. The second-order valence-electron chi connectivity index (χ2n) is 7.57. The minimum absolute atomic E-state index is 0.233. The molecule has 0 radical (unpaired) electrons. The first-order valence-corrected chi connectivity index (χ1v) is 9.85. The van der Waals surface area contributed by atoms with E-state index in [0.29, 0.717) is 17.5 Å². The van der Waals surface area contributed by atoms with Gasteiger partial charge in [-0.05, 0) is 39.2 Å². The van der Waals surface area contributed by atoms with Crippen LogP contribution in [0, 0.1) is 6.92 Å². The number of fused-ring (bicyclic) bond motifs is 1. The van der Waals surface area contributed by atoms with Crippen molar-refractivity contribution >= 4 is 28.4 Å². The first kappa shape index (κ1) is 20.5. The van der Waals surface area contributed by atoms with Gasteiger partial charge in [-0.15, -0.1) is 0 Å². The van der Waals surface area contributed by atoms with Crippen LogP contribution in [-0.2, 0) is 13.6 Å². The largest absolute Gasteiger partial charge is 0.354 e. The Kier molecular flexibility index (Phi) is 5.38. The number of amides is 1. The third-order valence-corrected chi connectivity index (χ3v) is 4.91. The predicted octanol–water partition coefficient (Wildman–Crippen LogP) is 2.02. The predicted molar refractivity (Wildman–Crippen MR) is 119 cm³/mol. The van der Waals surface area contributed by atoms with Crippen molar-refractivity contribution in [2.24, 2.45) is 7.05 Å². The molecule has 0 saturated carbocycles. The molecule has 0 aliphatic carbocycles. The lowest BCUT2D eigenvalue weighted by Gasteiger charge is -2.08. The van der Waals surface area contributed by atoms with Crippen LogP contribution in [0.25, 0.3) is 16.7 Å². The van der Waals surface area contributed by atoms with Crippen LogP contribution >= 0.6 is 0 Å². The molecule has 31 heavy (non-hydrogen) atoms. The van der Waals surface area contributed by atoms with Gasteiger partial charge >= 0.3 is 0 Å². The van der Waals surface area contributed by atoms with Crippen LogP contribution in [0.2, 0.25) is 0 Å². The molecular formula is C21H25N9O. The van der Waals surface area contributed by atoms with E-state index in [1.807, 2.05) is 58.5 Å². The molecule has 0 bridgehead atoms. The third kappa shape index (κ3) is 4.10. The summed E-state index contributed by atoms with van der Waals surface area (Å²) in [6.07, 6.45) is 3.67. The monoisotopic (exact) mass is 419 g/mol. The maximum absolute atomic E-state index is 12.2. The number of carbonyl (C=O) groups is 1. The molecule has 3 heterocycles. The number of aryl methyl sites for hydroxylation is 2. The number of nitrogens with one attached hydrogen (secondary N) is 2. The van der Waals surface area contributed by atoms with Crippen LogP contribution in [0.1, 0.15) is 21.7 Å². The number of hydrogen-bond donors (Lipinski definition) is 2. The van der Waals surface area contributed by atoms with Crippen LogP contribution in [-0.4, -0.2) is 61.5 Å². The van der Waals surface area contributed by atoms with Crippen molar-refractivity contribution in [3.05, 3.63) is 53.6 Å². The summed E-state index contributed by atoms with van der Waals surface area (Å²) in [4.78, 5) is 23.2. The molecule has 0 aliphatic heterocycles. The average Bonchev–Trinajstić information content (AvgIpc) is 3.27. The summed E-state index contributed by atoms with van der Waals surface area (Å²) in [5.74, 6) is 0.868. The van der Waals surface area contributed by atoms with Gasteiger partial charge in [0, 0.05) is 55.7 Å². The van der Waals surface area contributed by atoms with Gasteiger partial charge in [0.15, 0.2) is 11.5 Å². The molecule has 10 heteroatoms. The number of rotatable bonds is 6. The Morgan fingerprint density at radius 1 is 1.19 bits per heavy atom. The Hall–Kier alpha value is -3.79. The fraction of sp³-hybridized carbons (Fsp3) is 0.286. The van der Waals surface area contributed by atoms with E-state index in [4.69, 9.17) is 0 Å². The van der Waals surface area contributed by atoms with Crippen LogP contribution in [0.15, 0.2) is 36.7 Å². The van der Waals surface area contributed by atoms with Gasteiger partial charge in [0.2, 0.25) is 5.95 Å². The summed E-state index contributed by atoms with van der Waals surface area (Å²) in [6.45, 7) is 2.80. The van der Waals surface area contributed by atoms with Crippen molar-refractivity contribution in [1.29, 1.82) is 0 Å². The zero-order valence-corrected chi connectivity index (χ0v) is 18.2. The van der Waals surface area contributed by atoms with Gasteiger partial charge in [-0.2, -0.15) is 15.2 Å². The Morgan fingerprint density at radius 3 is 2.74 bits per heavy atom. The molecule has 0 aliphatic rings. The van der Waals surface area contributed by atoms with E-state index < -0.39 is 0 Å². The molecule has 1 aromatic carbocycles. The van der Waals surface area contributed by atoms with E-state index in [-0.39, 0.29) is 5.91 Å². The van der Waals surface area contributed by atoms with Gasteiger partial charge in [0.05, 0.1) is 11.2 Å². The average molecular weight is 419 g/mol. The molecule has 2 N–H and O–H groups in total. The molecule has 10 nitrogen and oxygen atoms in total. The van der Waals surface area contributed by atoms with Crippen LogP contribution in [0.5, 0.6) is 0 Å². The second kappa shape index (κ2) is 8.15. The molecule has 0 fully saturated rings. The summed E-state index contributed by atoms with van der Waals surface area (Å²) in [6, 6.07) is 7.49. The summed E-state index contributed by atoms with van der Waals surface area (Å²) >= 11 is 0. The van der Waals surface area contributed by atoms with E-state index in [9.17, 15) is 4.79 Å². The Morgan fingerprint density at radius 2 is 2.00 bits per heavy atom. The van der Waals surface area contributed by atoms with Gasteiger partial charge in [-0.3, -0.25) is 9.48 Å². The topological polar surface area (TPSA) is 106 Å². The standard InChI is InChI=1S/C21H25N9O/c1-13-14(11-28(3)4)12-30(26-13)18-8-9-23-21(25-18)24-15-6-7-17-16(10-15)19(20(31)22-2)27-29(17)5/h6-10,12H,11H2,1-5H3,(H,22,31)(H,23,24,25). The first-order valence-electron chi connectivity index (χ1n) is 9.85. The number of hydrogen-bond acceptors (Lipinski definition) is 7. The van der Waals surface area contributed by atoms with Crippen LogP contribution in [0.4, 0.5) is 11.6 Å². The summed E-state index contributed by atoms with van der Waals surface area (Å²) in [5, 5.41) is 15.5. The highest BCUT2D eigenvalue weighted by Crippen LogP contribution is 2.24. The third-order valence-electron chi connectivity index (χ3n) is 4.91. The number of nitrogens with zero attached hydrogens (tertiary/aromatic N) is 7. The number of benzene rings is 1. The van der Waals surface area contributed by atoms with E-state index >= 15 is 0 Å². The maximum Gasteiger partial charge on any atom is 0.272 e. The molecule has 0 saturated heterocycles. The van der Waals surface area contributed by atoms with Gasteiger partial charge in [-0.1, -0.05) is 0 Å². The van der Waals surface area contributed by atoms with Gasteiger partial charge in [0.1, 0.15) is 0 Å². The van der Waals surface area contributed by atoms with Crippen molar-refractivity contribution in [2.75, 3.05) is 26.5 Å². The zero-order valence-electron chi connectivity index (χ0n) is 18.2. The molecule has 0 atom stereocenters. The molecule has 0 unspecified atom stereocenters. The fourth-order valence-electron chi connectivity index (χ4n) is 3.40. The number of carbonyl (C=O) groups excluding carboxylic acids is 1. The minimum atomic E-state index is -0.233. The molecule has 3 aromatic heterocycles. The van der Waals surface area contributed by atoms with Crippen molar-refractivity contribution in [2.45, 2.75) is 13.5 Å².